The number of aromatic nitrogens is 1. The molecule has 0 fully saturated rings. The maximum absolute atomic E-state index is 5.76. The number of pyridine rings is 1. The van der Waals surface area contributed by atoms with E-state index in [-0.39, 0.29) is 0 Å². The van der Waals surface area contributed by atoms with Crippen LogP contribution in [0.25, 0.3) is 0 Å². The van der Waals surface area contributed by atoms with Gasteiger partial charge in [-0.25, -0.2) is 0 Å². The van der Waals surface area contributed by atoms with Gasteiger partial charge in [0.2, 0.25) is 0 Å². The Morgan fingerprint density at radius 2 is 1.52 bits per heavy atom. The summed E-state index contributed by atoms with van der Waals surface area (Å²) in [4.78, 5) is 0. The summed E-state index contributed by atoms with van der Waals surface area (Å²) in [6.07, 6.45) is 19.0. The van der Waals surface area contributed by atoms with Gasteiger partial charge in [-0.3, -0.25) is 0 Å². The van der Waals surface area contributed by atoms with E-state index in [9.17, 15) is 0 Å². The summed E-state index contributed by atoms with van der Waals surface area (Å²) in [6, 6.07) is 2.16. The topological polar surface area (TPSA) is 13.1 Å². The lowest BCUT2D eigenvalue weighted by Gasteiger charge is -2.04. The molecule has 1 aromatic heterocycles. The van der Waals surface area contributed by atoms with Crippen LogP contribution in [0.1, 0.15) is 83.6 Å². The summed E-state index contributed by atoms with van der Waals surface area (Å²) >= 11 is 3.61. The second kappa shape index (κ2) is 14.0. The molecule has 0 amide bonds. The van der Waals surface area contributed by atoms with E-state index in [1.807, 2.05) is 0 Å². The number of aryl methyl sites for hydroxylation is 1. The van der Waals surface area contributed by atoms with Crippen LogP contribution in [-0.2, 0) is 17.9 Å². The smallest absolute Gasteiger partial charge is 0.252 e. The maximum atomic E-state index is 5.76. The van der Waals surface area contributed by atoms with Gasteiger partial charge in [0.25, 0.3) is 6.73 Å². The van der Waals surface area contributed by atoms with Gasteiger partial charge in [0, 0.05) is 6.07 Å². The first-order chi connectivity index (χ1) is 11.3. The third-order valence-corrected chi connectivity index (χ3v) is 5.03. The van der Waals surface area contributed by atoms with Crippen molar-refractivity contribution in [2.24, 2.45) is 0 Å². The minimum absolute atomic E-state index is 0.653. The van der Waals surface area contributed by atoms with Crippen molar-refractivity contribution in [2.75, 3.05) is 6.61 Å². The number of nitrogens with zero attached hydrogens (tertiary/aromatic N) is 1. The fraction of sp³-hybridized carbons (Fsp3) is 0.750. The molecule has 0 saturated heterocycles. The molecule has 0 bridgehead atoms. The molecule has 0 aromatic carbocycles. The number of ether oxygens (including phenoxy) is 1. The monoisotopic (exact) mass is 384 g/mol. The van der Waals surface area contributed by atoms with E-state index < -0.39 is 0 Å². The van der Waals surface area contributed by atoms with Gasteiger partial charge >= 0.3 is 0 Å². The van der Waals surface area contributed by atoms with E-state index in [1.165, 1.54) is 74.2 Å². The standard InChI is InChI=1S/C20H35BrNO/c1-3-5-6-7-8-9-10-11-12-13-16-23-18-22-15-14-19(4-2)20(21)17-22/h14-15,17H,3-13,16,18H2,1-2H3/q+1. The number of hydrogen-bond acceptors (Lipinski definition) is 1. The minimum atomic E-state index is 0.653. The SMILES string of the molecule is CCCCCCCCCCCCOC[n+]1ccc(CC)c(Br)c1. The van der Waals surface area contributed by atoms with Crippen molar-refractivity contribution in [3.05, 3.63) is 28.5 Å². The van der Waals surface area contributed by atoms with Crippen molar-refractivity contribution in [3.63, 3.8) is 0 Å². The van der Waals surface area contributed by atoms with E-state index in [1.54, 1.807) is 0 Å². The van der Waals surface area contributed by atoms with E-state index in [2.05, 4.69) is 52.8 Å². The maximum Gasteiger partial charge on any atom is 0.252 e. The normalized spacial score (nSPS) is 11.1. The van der Waals surface area contributed by atoms with Crippen molar-refractivity contribution < 1.29 is 9.30 Å². The second-order valence-electron chi connectivity index (χ2n) is 6.41. The summed E-state index contributed by atoms with van der Waals surface area (Å²) in [6.45, 7) is 5.97. The van der Waals surface area contributed by atoms with E-state index in [0.717, 1.165) is 13.0 Å². The first kappa shape index (κ1) is 20.6. The highest BCUT2D eigenvalue weighted by atomic mass is 79.9. The van der Waals surface area contributed by atoms with Gasteiger partial charge < -0.3 is 4.74 Å². The summed E-state index contributed by atoms with van der Waals surface area (Å²) in [5.41, 5.74) is 1.34. The van der Waals surface area contributed by atoms with Crippen LogP contribution in [0, 0.1) is 0 Å². The Hall–Kier alpha value is -0.410. The van der Waals surface area contributed by atoms with Crippen LogP contribution in [0.15, 0.2) is 22.9 Å². The van der Waals surface area contributed by atoms with Crippen molar-refractivity contribution in [1.82, 2.24) is 0 Å². The lowest BCUT2D eigenvalue weighted by atomic mass is 10.1. The lowest BCUT2D eigenvalue weighted by molar-refractivity contribution is -0.733. The Kier molecular flexibility index (Phi) is 12.5. The Bertz CT molecular complexity index is 409. The van der Waals surface area contributed by atoms with Crippen LogP contribution < -0.4 is 4.57 Å². The van der Waals surface area contributed by atoms with Gasteiger partial charge in [-0.05, 0) is 34.3 Å². The van der Waals surface area contributed by atoms with E-state index in [4.69, 9.17) is 4.74 Å². The Balaban J connectivity index is 1.92. The number of rotatable bonds is 14. The molecule has 0 saturated carbocycles. The van der Waals surface area contributed by atoms with Gasteiger partial charge in [0.1, 0.15) is 0 Å². The molecule has 1 aromatic rings. The predicted molar refractivity (Wildman–Crippen MR) is 102 cm³/mol. The first-order valence-electron chi connectivity index (χ1n) is 9.53. The van der Waals surface area contributed by atoms with E-state index >= 15 is 0 Å². The molecule has 23 heavy (non-hydrogen) atoms. The van der Waals surface area contributed by atoms with Crippen LogP contribution in [0.5, 0.6) is 0 Å². The predicted octanol–water partition coefficient (Wildman–Crippen LogP) is 6.19. The number of hydrogen-bond donors (Lipinski definition) is 0. The molecule has 1 rings (SSSR count). The summed E-state index contributed by atoms with van der Waals surface area (Å²) in [5, 5.41) is 0. The Morgan fingerprint density at radius 3 is 2.09 bits per heavy atom. The fourth-order valence-corrected chi connectivity index (χ4v) is 3.44. The summed E-state index contributed by atoms with van der Waals surface area (Å²) < 4.78 is 9.03. The zero-order chi connectivity index (χ0) is 16.8. The minimum Gasteiger partial charge on any atom is -0.323 e. The molecular weight excluding hydrogens is 350 g/mol. The van der Waals surface area contributed by atoms with Gasteiger partial charge in [-0.15, -0.1) is 0 Å². The van der Waals surface area contributed by atoms with Crippen molar-refractivity contribution in [2.45, 2.75) is 91.2 Å². The number of halogens is 1. The van der Waals surface area contributed by atoms with Crippen molar-refractivity contribution in [3.8, 4) is 0 Å². The molecule has 0 unspecified atom stereocenters. The van der Waals surface area contributed by atoms with Crippen LogP contribution in [0.3, 0.4) is 0 Å². The highest BCUT2D eigenvalue weighted by Gasteiger charge is 2.05. The highest BCUT2D eigenvalue weighted by Crippen LogP contribution is 2.14. The largest absolute Gasteiger partial charge is 0.323 e. The molecule has 0 spiro atoms. The molecule has 0 aliphatic heterocycles. The first-order valence-corrected chi connectivity index (χ1v) is 10.3. The average Bonchev–Trinajstić information content (AvgIpc) is 2.56. The zero-order valence-electron chi connectivity index (χ0n) is 15.2. The molecule has 132 valence electrons. The van der Waals surface area contributed by atoms with Gasteiger partial charge in [-0.2, -0.15) is 4.57 Å². The molecule has 0 aliphatic carbocycles. The molecule has 0 atom stereocenters. The molecule has 1 heterocycles. The molecule has 0 aliphatic rings. The third-order valence-electron chi connectivity index (χ3n) is 4.32. The van der Waals surface area contributed by atoms with E-state index in [0.29, 0.717) is 6.73 Å². The van der Waals surface area contributed by atoms with Crippen molar-refractivity contribution in [1.29, 1.82) is 0 Å². The van der Waals surface area contributed by atoms with Gasteiger partial charge in [0.15, 0.2) is 12.4 Å². The molecular formula is C20H35BrNO+. The highest BCUT2D eigenvalue weighted by molar-refractivity contribution is 9.10. The quantitative estimate of drug-likeness (QED) is 0.275. The second-order valence-corrected chi connectivity index (χ2v) is 7.26. The summed E-state index contributed by atoms with van der Waals surface area (Å²) in [5.74, 6) is 0. The molecule has 3 heteroatoms. The van der Waals surface area contributed by atoms with Crippen LogP contribution in [-0.4, -0.2) is 6.61 Å². The molecule has 2 nitrogen and oxygen atoms in total. The Morgan fingerprint density at radius 1 is 0.913 bits per heavy atom. The Labute approximate surface area is 151 Å². The molecule has 0 N–H and O–H groups in total. The lowest BCUT2D eigenvalue weighted by Crippen LogP contribution is -2.34. The number of unbranched alkanes of at least 4 members (excludes halogenated alkanes) is 9. The van der Waals surface area contributed by atoms with Gasteiger partial charge in [0.05, 0.1) is 11.1 Å². The fourth-order valence-electron chi connectivity index (χ4n) is 2.77. The van der Waals surface area contributed by atoms with Crippen molar-refractivity contribution >= 4 is 15.9 Å². The zero-order valence-corrected chi connectivity index (χ0v) is 16.7. The molecule has 0 radical (unpaired) electrons. The third kappa shape index (κ3) is 10.1. The van der Waals surface area contributed by atoms with Crippen LogP contribution in [0.2, 0.25) is 0 Å². The van der Waals surface area contributed by atoms with Crippen LogP contribution >= 0.6 is 15.9 Å². The summed E-state index contributed by atoms with van der Waals surface area (Å²) in [7, 11) is 0. The average molecular weight is 385 g/mol. The van der Waals surface area contributed by atoms with Crippen LogP contribution in [0.4, 0.5) is 0 Å². The van der Waals surface area contributed by atoms with Gasteiger partial charge in [-0.1, -0.05) is 71.6 Å².